The van der Waals surface area contributed by atoms with Gasteiger partial charge in [0.2, 0.25) is 0 Å². The summed E-state index contributed by atoms with van der Waals surface area (Å²) < 4.78 is 15.8. The normalized spacial score (nSPS) is 11.8. The van der Waals surface area contributed by atoms with E-state index in [0.717, 1.165) is 36.6 Å². The summed E-state index contributed by atoms with van der Waals surface area (Å²) in [5.41, 5.74) is 2.54. The summed E-state index contributed by atoms with van der Waals surface area (Å²) in [4.78, 5) is 0. The fraction of sp³-hybridized carbons (Fsp3) is 0.400. The molecule has 0 aliphatic rings. The van der Waals surface area contributed by atoms with Crippen molar-refractivity contribution in [3.63, 3.8) is 0 Å². The molecule has 0 heterocycles. The third-order valence-electron chi connectivity index (χ3n) is 4.06. The Bertz CT molecular complexity index is 625. The second-order valence-electron chi connectivity index (χ2n) is 5.85. The number of rotatable bonds is 9. The molecule has 0 radical (unpaired) electrons. The van der Waals surface area contributed by atoms with E-state index in [1.807, 2.05) is 24.3 Å². The van der Waals surface area contributed by atoms with Crippen LogP contribution in [0.2, 0.25) is 0 Å². The molecular weight excluding hydrogens is 302 g/mol. The van der Waals surface area contributed by atoms with Crippen LogP contribution in [0.5, 0.6) is 17.2 Å². The van der Waals surface area contributed by atoms with Crippen molar-refractivity contribution in [2.75, 3.05) is 27.9 Å². The second-order valence-corrected chi connectivity index (χ2v) is 5.85. The standard InChI is InChI=1S/C20H27NO3/c1-15(13-16-5-8-18(22-2)9-6-16)21-12-11-17-7-10-19(23-3)20(14-17)24-4/h5-10,14-15,21H,11-13H2,1-4H3/t15-/m0/s1. The Morgan fingerprint density at radius 1 is 0.833 bits per heavy atom. The molecule has 130 valence electrons. The predicted octanol–water partition coefficient (Wildman–Crippen LogP) is 3.48. The molecule has 0 saturated heterocycles. The smallest absolute Gasteiger partial charge is 0.160 e. The number of ether oxygens (including phenoxy) is 3. The Labute approximate surface area is 144 Å². The van der Waals surface area contributed by atoms with E-state index >= 15 is 0 Å². The Morgan fingerprint density at radius 2 is 1.50 bits per heavy atom. The van der Waals surface area contributed by atoms with Crippen LogP contribution in [0.1, 0.15) is 18.1 Å². The molecule has 0 unspecified atom stereocenters. The van der Waals surface area contributed by atoms with E-state index in [0.29, 0.717) is 6.04 Å². The van der Waals surface area contributed by atoms with E-state index in [2.05, 4.69) is 30.4 Å². The molecule has 0 fully saturated rings. The first-order chi connectivity index (χ1) is 11.7. The molecule has 0 spiro atoms. The molecule has 0 aliphatic heterocycles. The van der Waals surface area contributed by atoms with Gasteiger partial charge in [-0.3, -0.25) is 0 Å². The lowest BCUT2D eigenvalue weighted by Crippen LogP contribution is -2.29. The molecule has 2 rings (SSSR count). The Balaban J connectivity index is 1.80. The lowest BCUT2D eigenvalue weighted by atomic mass is 10.1. The molecule has 2 aromatic rings. The minimum Gasteiger partial charge on any atom is -0.497 e. The molecule has 0 aromatic heterocycles. The van der Waals surface area contributed by atoms with Gasteiger partial charge in [0.05, 0.1) is 21.3 Å². The molecule has 1 N–H and O–H groups in total. The van der Waals surface area contributed by atoms with Crippen LogP contribution in [0.25, 0.3) is 0 Å². The largest absolute Gasteiger partial charge is 0.497 e. The first-order valence-electron chi connectivity index (χ1n) is 8.23. The van der Waals surface area contributed by atoms with Gasteiger partial charge in [0, 0.05) is 6.04 Å². The van der Waals surface area contributed by atoms with Crippen LogP contribution in [-0.2, 0) is 12.8 Å². The van der Waals surface area contributed by atoms with Crippen LogP contribution in [-0.4, -0.2) is 33.9 Å². The lowest BCUT2D eigenvalue weighted by Gasteiger charge is -2.15. The van der Waals surface area contributed by atoms with E-state index in [4.69, 9.17) is 14.2 Å². The van der Waals surface area contributed by atoms with Crippen molar-refractivity contribution >= 4 is 0 Å². The van der Waals surface area contributed by atoms with Crippen LogP contribution < -0.4 is 19.5 Å². The van der Waals surface area contributed by atoms with E-state index in [-0.39, 0.29) is 0 Å². The van der Waals surface area contributed by atoms with E-state index in [1.54, 1.807) is 21.3 Å². The zero-order chi connectivity index (χ0) is 17.4. The minimum atomic E-state index is 0.415. The van der Waals surface area contributed by atoms with Crippen LogP contribution in [0.4, 0.5) is 0 Å². The van der Waals surface area contributed by atoms with Gasteiger partial charge in [0.1, 0.15) is 5.75 Å². The highest BCUT2D eigenvalue weighted by atomic mass is 16.5. The average Bonchev–Trinajstić information content (AvgIpc) is 2.62. The second kappa shape index (κ2) is 9.18. The summed E-state index contributed by atoms with van der Waals surface area (Å²) in [5, 5.41) is 3.57. The molecule has 0 bridgehead atoms. The Kier molecular flexibility index (Phi) is 6.94. The van der Waals surface area contributed by atoms with Gasteiger partial charge < -0.3 is 19.5 Å². The fourth-order valence-corrected chi connectivity index (χ4v) is 2.69. The molecule has 4 heteroatoms. The number of nitrogens with one attached hydrogen (secondary N) is 1. The zero-order valence-corrected chi connectivity index (χ0v) is 15.0. The maximum Gasteiger partial charge on any atom is 0.160 e. The van der Waals surface area contributed by atoms with E-state index in [1.165, 1.54) is 11.1 Å². The molecule has 1 atom stereocenters. The monoisotopic (exact) mass is 329 g/mol. The van der Waals surface area contributed by atoms with Gasteiger partial charge >= 0.3 is 0 Å². The van der Waals surface area contributed by atoms with Crippen LogP contribution >= 0.6 is 0 Å². The Morgan fingerprint density at radius 3 is 2.12 bits per heavy atom. The van der Waals surface area contributed by atoms with Gasteiger partial charge in [-0.15, -0.1) is 0 Å². The summed E-state index contributed by atoms with van der Waals surface area (Å²) in [6, 6.07) is 14.7. The molecular formula is C20H27NO3. The summed E-state index contributed by atoms with van der Waals surface area (Å²) >= 11 is 0. The lowest BCUT2D eigenvalue weighted by molar-refractivity contribution is 0.354. The fourth-order valence-electron chi connectivity index (χ4n) is 2.69. The van der Waals surface area contributed by atoms with E-state index in [9.17, 15) is 0 Å². The molecule has 24 heavy (non-hydrogen) atoms. The summed E-state index contributed by atoms with van der Waals surface area (Å²) in [5.74, 6) is 2.44. The molecule has 0 aliphatic carbocycles. The molecule has 2 aromatic carbocycles. The Hall–Kier alpha value is -2.20. The predicted molar refractivity (Wildman–Crippen MR) is 97.4 cm³/mol. The number of hydrogen-bond donors (Lipinski definition) is 1. The molecule has 0 saturated carbocycles. The van der Waals surface area contributed by atoms with Crippen molar-refractivity contribution in [2.45, 2.75) is 25.8 Å². The van der Waals surface area contributed by atoms with Crippen molar-refractivity contribution < 1.29 is 14.2 Å². The number of methoxy groups -OCH3 is 3. The van der Waals surface area contributed by atoms with Gasteiger partial charge in [-0.2, -0.15) is 0 Å². The van der Waals surface area contributed by atoms with Crippen LogP contribution in [0.15, 0.2) is 42.5 Å². The van der Waals surface area contributed by atoms with Crippen molar-refractivity contribution in [3.05, 3.63) is 53.6 Å². The maximum atomic E-state index is 5.35. The SMILES string of the molecule is COc1ccc(C[C@H](C)NCCc2ccc(OC)c(OC)c2)cc1. The van der Waals surface area contributed by atoms with Crippen LogP contribution in [0, 0.1) is 0 Å². The topological polar surface area (TPSA) is 39.7 Å². The number of hydrogen-bond acceptors (Lipinski definition) is 4. The summed E-state index contributed by atoms with van der Waals surface area (Å²) in [6.45, 7) is 3.13. The third-order valence-corrected chi connectivity index (χ3v) is 4.06. The van der Waals surface area contributed by atoms with Crippen molar-refractivity contribution in [3.8, 4) is 17.2 Å². The van der Waals surface area contributed by atoms with Gasteiger partial charge in [-0.05, 0) is 61.7 Å². The minimum absolute atomic E-state index is 0.415. The summed E-state index contributed by atoms with van der Waals surface area (Å²) in [7, 11) is 5.00. The van der Waals surface area contributed by atoms with E-state index < -0.39 is 0 Å². The van der Waals surface area contributed by atoms with Crippen molar-refractivity contribution in [1.82, 2.24) is 5.32 Å². The third kappa shape index (κ3) is 5.17. The quantitative estimate of drug-likeness (QED) is 0.764. The molecule has 0 amide bonds. The first kappa shape index (κ1) is 18.1. The zero-order valence-electron chi connectivity index (χ0n) is 15.0. The van der Waals surface area contributed by atoms with Gasteiger partial charge in [-0.1, -0.05) is 18.2 Å². The van der Waals surface area contributed by atoms with Gasteiger partial charge in [0.25, 0.3) is 0 Å². The van der Waals surface area contributed by atoms with Gasteiger partial charge in [-0.25, -0.2) is 0 Å². The highest BCUT2D eigenvalue weighted by molar-refractivity contribution is 5.42. The van der Waals surface area contributed by atoms with Gasteiger partial charge in [0.15, 0.2) is 11.5 Å². The van der Waals surface area contributed by atoms with Crippen molar-refractivity contribution in [2.24, 2.45) is 0 Å². The highest BCUT2D eigenvalue weighted by Gasteiger charge is 2.06. The average molecular weight is 329 g/mol. The van der Waals surface area contributed by atoms with Crippen molar-refractivity contribution in [1.29, 1.82) is 0 Å². The number of benzene rings is 2. The molecule has 4 nitrogen and oxygen atoms in total. The first-order valence-corrected chi connectivity index (χ1v) is 8.23. The van der Waals surface area contributed by atoms with Crippen LogP contribution in [0.3, 0.4) is 0 Å². The summed E-state index contributed by atoms with van der Waals surface area (Å²) in [6.07, 6.45) is 1.95. The maximum absolute atomic E-state index is 5.35. The highest BCUT2D eigenvalue weighted by Crippen LogP contribution is 2.27.